The largest absolute Gasteiger partial charge is 0.388 e. The average molecular weight is 341 g/mol. The van der Waals surface area contributed by atoms with Gasteiger partial charge in [0.05, 0.1) is 6.10 Å². The Morgan fingerprint density at radius 2 is 2.18 bits per heavy atom. The van der Waals surface area contributed by atoms with Crippen LogP contribution in [0.5, 0.6) is 0 Å². The average Bonchev–Trinajstić information content (AvgIpc) is 3.10. The second-order valence-corrected chi connectivity index (χ2v) is 7.35. The summed E-state index contributed by atoms with van der Waals surface area (Å²) < 4.78 is 13.5. The zero-order chi connectivity index (χ0) is 15.5. The molecule has 22 heavy (non-hydrogen) atoms. The summed E-state index contributed by atoms with van der Waals surface area (Å²) in [4.78, 5) is 7.59. The normalized spacial score (nSPS) is 20.4. The van der Waals surface area contributed by atoms with Gasteiger partial charge in [0, 0.05) is 23.7 Å². The van der Waals surface area contributed by atoms with Crippen molar-refractivity contribution in [1.29, 1.82) is 0 Å². The topological polar surface area (TPSA) is 36.4 Å². The summed E-state index contributed by atoms with van der Waals surface area (Å²) in [6.45, 7) is 1.85. The minimum Gasteiger partial charge on any atom is -0.388 e. The molecule has 0 radical (unpaired) electrons. The molecule has 1 fully saturated rings. The first-order chi connectivity index (χ1) is 10.6. The number of aliphatic hydroxyl groups excluding tert-OH is 1. The van der Waals surface area contributed by atoms with Gasteiger partial charge in [0.1, 0.15) is 5.82 Å². The Kier molecular flexibility index (Phi) is 5.08. The molecule has 1 N–H and O–H groups in total. The molecule has 3 rings (SSSR count). The molecule has 0 spiro atoms. The molecule has 1 saturated heterocycles. The van der Waals surface area contributed by atoms with E-state index in [0.717, 1.165) is 36.4 Å². The van der Waals surface area contributed by atoms with Crippen molar-refractivity contribution in [3.05, 3.63) is 51.2 Å². The van der Waals surface area contributed by atoms with Gasteiger partial charge in [-0.3, -0.25) is 4.90 Å². The van der Waals surface area contributed by atoms with Crippen molar-refractivity contribution in [3.8, 4) is 0 Å². The number of nitrogens with zero attached hydrogens (tertiary/aromatic N) is 2. The minimum atomic E-state index is -0.559. The molecule has 1 aliphatic heterocycles. The first-order valence-electron chi connectivity index (χ1n) is 7.39. The lowest BCUT2D eigenvalue weighted by Gasteiger charge is -2.26. The number of thiazole rings is 1. The summed E-state index contributed by atoms with van der Waals surface area (Å²) >= 11 is 7.38. The monoisotopic (exact) mass is 340 g/mol. The molecule has 1 aromatic carbocycles. The van der Waals surface area contributed by atoms with Crippen LogP contribution in [0.25, 0.3) is 0 Å². The van der Waals surface area contributed by atoms with Gasteiger partial charge in [0.15, 0.2) is 4.47 Å². The van der Waals surface area contributed by atoms with Gasteiger partial charge in [-0.05, 0) is 43.5 Å². The van der Waals surface area contributed by atoms with Crippen LogP contribution in [0.2, 0.25) is 4.47 Å². The number of rotatable bonds is 5. The Morgan fingerprint density at radius 1 is 1.41 bits per heavy atom. The van der Waals surface area contributed by atoms with Crippen molar-refractivity contribution >= 4 is 22.9 Å². The maximum absolute atomic E-state index is 13.0. The van der Waals surface area contributed by atoms with E-state index in [1.54, 1.807) is 12.1 Å². The predicted molar refractivity (Wildman–Crippen MR) is 86.5 cm³/mol. The van der Waals surface area contributed by atoms with Gasteiger partial charge in [-0.1, -0.05) is 23.7 Å². The van der Waals surface area contributed by atoms with Crippen LogP contribution in [-0.2, 0) is 6.54 Å². The second-order valence-electron chi connectivity index (χ2n) is 5.65. The number of aromatic nitrogens is 1. The molecule has 2 unspecified atom stereocenters. The van der Waals surface area contributed by atoms with E-state index in [2.05, 4.69) is 9.88 Å². The van der Waals surface area contributed by atoms with Crippen LogP contribution in [-0.4, -0.2) is 27.6 Å². The van der Waals surface area contributed by atoms with E-state index in [4.69, 9.17) is 11.6 Å². The van der Waals surface area contributed by atoms with Crippen LogP contribution in [0.15, 0.2) is 30.5 Å². The summed E-state index contributed by atoms with van der Waals surface area (Å²) in [6.07, 6.45) is 4.13. The van der Waals surface area contributed by atoms with Crippen molar-refractivity contribution in [2.24, 2.45) is 0 Å². The van der Waals surface area contributed by atoms with Gasteiger partial charge >= 0.3 is 0 Å². The molecule has 0 aliphatic carbocycles. The van der Waals surface area contributed by atoms with Gasteiger partial charge in [0.2, 0.25) is 0 Å². The van der Waals surface area contributed by atoms with Gasteiger partial charge in [-0.25, -0.2) is 9.37 Å². The highest BCUT2D eigenvalue weighted by molar-refractivity contribution is 7.15. The lowest BCUT2D eigenvalue weighted by molar-refractivity contribution is 0.118. The van der Waals surface area contributed by atoms with Crippen LogP contribution in [0.3, 0.4) is 0 Å². The van der Waals surface area contributed by atoms with Crippen molar-refractivity contribution in [3.63, 3.8) is 0 Å². The van der Waals surface area contributed by atoms with E-state index < -0.39 is 6.10 Å². The zero-order valence-electron chi connectivity index (χ0n) is 12.1. The molecule has 0 bridgehead atoms. The fourth-order valence-corrected chi connectivity index (χ4v) is 4.01. The van der Waals surface area contributed by atoms with Gasteiger partial charge in [0.25, 0.3) is 0 Å². The highest BCUT2D eigenvalue weighted by Crippen LogP contribution is 2.30. The van der Waals surface area contributed by atoms with Gasteiger partial charge in [-0.15, -0.1) is 11.3 Å². The van der Waals surface area contributed by atoms with E-state index in [1.165, 1.54) is 23.5 Å². The Morgan fingerprint density at radius 3 is 2.86 bits per heavy atom. The molecule has 2 aromatic rings. The lowest BCUT2D eigenvalue weighted by Crippen LogP contribution is -2.30. The van der Waals surface area contributed by atoms with Crippen molar-refractivity contribution < 1.29 is 9.50 Å². The maximum Gasteiger partial charge on any atom is 0.183 e. The predicted octanol–water partition coefficient (Wildman–Crippen LogP) is 4.02. The van der Waals surface area contributed by atoms with E-state index in [0.29, 0.717) is 16.9 Å². The van der Waals surface area contributed by atoms with Crippen molar-refractivity contribution in [1.82, 2.24) is 9.88 Å². The first kappa shape index (κ1) is 15.9. The zero-order valence-corrected chi connectivity index (χ0v) is 13.7. The van der Waals surface area contributed by atoms with E-state index >= 15 is 0 Å². The smallest absolute Gasteiger partial charge is 0.183 e. The highest BCUT2D eigenvalue weighted by atomic mass is 35.5. The molecule has 3 nitrogen and oxygen atoms in total. The van der Waals surface area contributed by atoms with Crippen molar-refractivity contribution in [2.45, 2.75) is 38.0 Å². The molecule has 1 aliphatic rings. The van der Waals surface area contributed by atoms with E-state index in [1.807, 2.05) is 6.20 Å². The highest BCUT2D eigenvalue weighted by Gasteiger charge is 2.27. The molecule has 6 heteroatoms. The summed E-state index contributed by atoms with van der Waals surface area (Å²) in [5.74, 6) is -0.277. The summed E-state index contributed by atoms with van der Waals surface area (Å²) in [6, 6.07) is 6.43. The molecule has 2 heterocycles. The Bertz CT molecular complexity index is 619. The molecule has 1 aromatic heterocycles. The van der Waals surface area contributed by atoms with Crippen LogP contribution < -0.4 is 0 Å². The fraction of sp³-hybridized carbons (Fsp3) is 0.438. The van der Waals surface area contributed by atoms with Crippen LogP contribution in [0.1, 0.15) is 35.8 Å². The molecule has 118 valence electrons. The number of aliphatic hydroxyl groups is 1. The van der Waals surface area contributed by atoms with Gasteiger partial charge in [-0.2, -0.15) is 0 Å². The molecule has 0 amide bonds. The number of halogens is 2. The third-order valence-corrected chi connectivity index (χ3v) is 5.23. The maximum atomic E-state index is 13.0. The van der Waals surface area contributed by atoms with E-state index in [9.17, 15) is 9.50 Å². The Hall–Kier alpha value is -1.01. The summed E-state index contributed by atoms with van der Waals surface area (Å²) in [5, 5.41) is 10.4. The number of likely N-dealkylation sites (tertiary alicyclic amines) is 1. The van der Waals surface area contributed by atoms with Crippen LogP contribution in [0, 0.1) is 5.82 Å². The standard InChI is InChI=1S/C16H18ClFN2OS/c17-16-19-9-14(22-16)10-20-7-1-2-13(20)8-15(21)11-3-5-12(18)6-4-11/h3-6,9,13,15,21H,1-2,7-8,10H2. The van der Waals surface area contributed by atoms with Crippen molar-refractivity contribution in [2.75, 3.05) is 6.54 Å². The van der Waals surface area contributed by atoms with Crippen LogP contribution in [0.4, 0.5) is 4.39 Å². The Labute approximate surface area is 138 Å². The van der Waals surface area contributed by atoms with Crippen LogP contribution >= 0.6 is 22.9 Å². The summed E-state index contributed by atoms with van der Waals surface area (Å²) in [7, 11) is 0. The second kappa shape index (κ2) is 7.04. The number of hydrogen-bond acceptors (Lipinski definition) is 4. The summed E-state index contributed by atoms with van der Waals surface area (Å²) in [5.41, 5.74) is 0.772. The Balaban J connectivity index is 1.61. The molecular formula is C16H18ClFN2OS. The number of benzene rings is 1. The number of hydrogen-bond donors (Lipinski definition) is 1. The van der Waals surface area contributed by atoms with E-state index in [-0.39, 0.29) is 5.82 Å². The lowest BCUT2D eigenvalue weighted by atomic mass is 10.0. The molecule has 2 atom stereocenters. The minimum absolute atomic E-state index is 0.277. The fourth-order valence-electron chi connectivity index (χ4n) is 3.01. The quantitative estimate of drug-likeness (QED) is 0.893. The first-order valence-corrected chi connectivity index (χ1v) is 8.59. The SMILES string of the molecule is OC(CC1CCCN1Cc1cnc(Cl)s1)c1ccc(F)cc1. The third-order valence-electron chi connectivity index (χ3n) is 4.13. The van der Waals surface area contributed by atoms with Gasteiger partial charge < -0.3 is 5.11 Å². The third kappa shape index (κ3) is 3.84. The molecule has 0 saturated carbocycles. The molecular weight excluding hydrogens is 323 g/mol.